The van der Waals surface area contributed by atoms with Gasteiger partial charge in [-0.3, -0.25) is 14.2 Å². The van der Waals surface area contributed by atoms with E-state index in [1.54, 1.807) is 12.1 Å². The number of fused-ring (bicyclic) bond motifs is 1. The van der Waals surface area contributed by atoms with Crippen molar-refractivity contribution < 1.29 is 9.53 Å². The smallest absolute Gasteiger partial charge is 0.263 e. The Bertz CT molecular complexity index is 972. The van der Waals surface area contributed by atoms with E-state index in [-0.39, 0.29) is 18.0 Å². The molecule has 0 spiro atoms. The Kier molecular flexibility index (Phi) is 4.07. The number of hydrogen-bond donors (Lipinski definition) is 2. The van der Waals surface area contributed by atoms with Crippen molar-refractivity contribution in [3.63, 3.8) is 0 Å². The molecule has 0 aliphatic heterocycles. The largest absolute Gasteiger partial charge is 0.495 e. The maximum atomic E-state index is 12.4. The van der Waals surface area contributed by atoms with Crippen LogP contribution in [0.4, 0.5) is 5.69 Å². The number of carbonyl (C=O) groups is 1. The Morgan fingerprint density at radius 2 is 2.12 bits per heavy atom. The van der Waals surface area contributed by atoms with Crippen LogP contribution in [0.2, 0.25) is 0 Å². The van der Waals surface area contributed by atoms with Gasteiger partial charge < -0.3 is 15.0 Å². The highest BCUT2D eigenvalue weighted by Crippen LogP contribution is 2.25. The van der Waals surface area contributed by atoms with Gasteiger partial charge in [0.2, 0.25) is 5.91 Å². The van der Waals surface area contributed by atoms with Crippen LogP contribution in [0.3, 0.4) is 0 Å². The molecule has 0 saturated heterocycles. The van der Waals surface area contributed by atoms with Crippen molar-refractivity contribution in [3.05, 3.63) is 52.2 Å². The normalized spacial score (nSPS) is 10.8. The predicted molar refractivity (Wildman–Crippen MR) is 91.5 cm³/mol. The number of rotatable bonds is 4. The lowest BCUT2D eigenvalue weighted by atomic mass is 10.2. The number of benzene rings is 1. The molecule has 7 heteroatoms. The van der Waals surface area contributed by atoms with Crippen LogP contribution in [0.1, 0.15) is 11.3 Å². The minimum atomic E-state index is -0.325. The summed E-state index contributed by atoms with van der Waals surface area (Å²) in [7, 11) is 1.54. The van der Waals surface area contributed by atoms with Crippen LogP contribution in [-0.4, -0.2) is 27.6 Å². The molecule has 24 heavy (non-hydrogen) atoms. The summed E-state index contributed by atoms with van der Waals surface area (Å²) >= 11 is 0. The second-order valence-corrected chi connectivity index (χ2v) is 5.64. The van der Waals surface area contributed by atoms with Gasteiger partial charge in [-0.2, -0.15) is 0 Å². The number of ether oxygens (including phenoxy) is 1. The van der Waals surface area contributed by atoms with Gasteiger partial charge in [0.1, 0.15) is 24.3 Å². The highest BCUT2D eigenvalue weighted by atomic mass is 16.5. The van der Waals surface area contributed by atoms with Crippen molar-refractivity contribution in [2.75, 3.05) is 12.4 Å². The summed E-state index contributed by atoms with van der Waals surface area (Å²) in [6, 6.07) is 7.22. The molecular formula is C17H18N4O3. The molecule has 0 radical (unpaired) electrons. The summed E-state index contributed by atoms with van der Waals surface area (Å²) < 4.78 is 6.52. The number of H-pyrrole nitrogens is 1. The average Bonchev–Trinajstić information content (AvgIpc) is 2.92. The molecule has 7 nitrogen and oxygen atoms in total. The Labute approximate surface area is 138 Å². The number of carbonyl (C=O) groups excluding carboxylic acids is 1. The molecule has 0 unspecified atom stereocenters. The maximum Gasteiger partial charge on any atom is 0.263 e. The van der Waals surface area contributed by atoms with E-state index in [0.717, 1.165) is 11.3 Å². The number of nitrogens with zero attached hydrogens (tertiary/aromatic N) is 2. The van der Waals surface area contributed by atoms with Crippen LogP contribution in [0, 0.1) is 13.8 Å². The molecule has 0 aliphatic carbocycles. The fourth-order valence-corrected chi connectivity index (χ4v) is 2.55. The van der Waals surface area contributed by atoms with Gasteiger partial charge in [0.05, 0.1) is 18.2 Å². The van der Waals surface area contributed by atoms with E-state index in [1.165, 1.54) is 18.0 Å². The molecule has 2 aromatic heterocycles. The summed E-state index contributed by atoms with van der Waals surface area (Å²) in [5, 5.41) is 3.24. The molecule has 0 atom stereocenters. The number of nitrogens with one attached hydrogen (secondary N) is 2. The standard InChI is InChI=1S/C17H18N4O3/c1-10-4-5-14(24-3)13(6-10)20-15(22)8-21-9-18-16-12(17(21)23)7-11(2)19-16/h4-7,9,19H,8H2,1-3H3,(H,20,22). The van der Waals surface area contributed by atoms with Crippen LogP contribution in [0.25, 0.3) is 11.0 Å². The van der Waals surface area contributed by atoms with E-state index in [1.807, 2.05) is 26.0 Å². The zero-order valence-electron chi connectivity index (χ0n) is 13.7. The Morgan fingerprint density at radius 3 is 2.88 bits per heavy atom. The molecule has 0 aliphatic rings. The fourth-order valence-electron chi connectivity index (χ4n) is 2.55. The monoisotopic (exact) mass is 326 g/mol. The summed E-state index contributed by atoms with van der Waals surface area (Å²) in [5.74, 6) is 0.241. The van der Waals surface area contributed by atoms with Gasteiger partial charge in [0, 0.05) is 5.69 Å². The molecule has 1 amide bonds. The molecule has 3 aromatic rings. The molecule has 1 aromatic carbocycles. The number of methoxy groups -OCH3 is 1. The van der Waals surface area contributed by atoms with Gasteiger partial charge in [0.15, 0.2) is 0 Å². The third-order valence-electron chi connectivity index (χ3n) is 3.69. The van der Waals surface area contributed by atoms with Gasteiger partial charge in [0.25, 0.3) is 5.56 Å². The third-order valence-corrected chi connectivity index (χ3v) is 3.69. The van der Waals surface area contributed by atoms with Crippen LogP contribution in [0.5, 0.6) is 5.75 Å². The summed E-state index contributed by atoms with van der Waals surface area (Å²) in [5.41, 5.74) is 2.68. The van der Waals surface area contributed by atoms with E-state index >= 15 is 0 Å². The topological polar surface area (TPSA) is 89.0 Å². The summed E-state index contributed by atoms with van der Waals surface area (Å²) in [6.07, 6.45) is 1.37. The lowest BCUT2D eigenvalue weighted by Gasteiger charge is -2.11. The molecule has 0 fully saturated rings. The average molecular weight is 326 g/mol. The van der Waals surface area contributed by atoms with E-state index in [4.69, 9.17) is 4.74 Å². The van der Waals surface area contributed by atoms with E-state index in [0.29, 0.717) is 22.5 Å². The summed E-state index contributed by atoms with van der Waals surface area (Å²) in [6.45, 7) is 3.65. The second-order valence-electron chi connectivity index (χ2n) is 5.64. The highest BCUT2D eigenvalue weighted by molar-refractivity contribution is 5.92. The quantitative estimate of drug-likeness (QED) is 0.767. The van der Waals surface area contributed by atoms with Gasteiger partial charge in [-0.25, -0.2) is 4.98 Å². The third kappa shape index (κ3) is 3.01. The Morgan fingerprint density at radius 1 is 1.33 bits per heavy atom. The van der Waals surface area contributed by atoms with Crippen LogP contribution in [-0.2, 0) is 11.3 Å². The molecule has 124 valence electrons. The lowest BCUT2D eigenvalue weighted by molar-refractivity contribution is -0.116. The minimum Gasteiger partial charge on any atom is -0.495 e. The van der Waals surface area contributed by atoms with Crippen molar-refractivity contribution in [2.45, 2.75) is 20.4 Å². The molecule has 0 saturated carbocycles. The van der Waals surface area contributed by atoms with Gasteiger partial charge in [-0.05, 0) is 37.6 Å². The minimum absolute atomic E-state index is 0.122. The molecule has 0 bridgehead atoms. The van der Waals surface area contributed by atoms with Crippen LogP contribution in [0.15, 0.2) is 35.4 Å². The second kappa shape index (κ2) is 6.19. The molecule has 2 N–H and O–H groups in total. The maximum absolute atomic E-state index is 12.4. The SMILES string of the molecule is COc1ccc(C)cc1NC(=O)Cn1cnc2[nH]c(C)cc2c1=O. The first-order chi connectivity index (χ1) is 11.5. The zero-order valence-corrected chi connectivity index (χ0v) is 13.7. The Hall–Kier alpha value is -3.09. The number of aryl methyl sites for hydroxylation is 2. The van der Waals surface area contributed by atoms with E-state index < -0.39 is 0 Å². The number of hydrogen-bond acceptors (Lipinski definition) is 4. The highest BCUT2D eigenvalue weighted by Gasteiger charge is 2.12. The van der Waals surface area contributed by atoms with Crippen LogP contribution < -0.4 is 15.6 Å². The van der Waals surface area contributed by atoms with Crippen molar-refractivity contribution in [1.29, 1.82) is 0 Å². The molecular weight excluding hydrogens is 308 g/mol. The predicted octanol–water partition coefficient (Wildman–Crippen LogP) is 1.99. The summed E-state index contributed by atoms with van der Waals surface area (Å²) in [4.78, 5) is 31.9. The number of aromatic amines is 1. The zero-order chi connectivity index (χ0) is 17.3. The molecule has 3 rings (SSSR count). The van der Waals surface area contributed by atoms with Gasteiger partial charge >= 0.3 is 0 Å². The van der Waals surface area contributed by atoms with Crippen molar-refractivity contribution in [1.82, 2.24) is 14.5 Å². The number of aromatic nitrogens is 3. The van der Waals surface area contributed by atoms with Gasteiger partial charge in [-0.15, -0.1) is 0 Å². The van der Waals surface area contributed by atoms with Crippen molar-refractivity contribution >= 4 is 22.6 Å². The van der Waals surface area contributed by atoms with E-state index in [9.17, 15) is 9.59 Å². The van der Waals surface area contributed by atoms with Crippen LogP contribution >= 0.6 is 0 Å². The van der Waals surface area contributed by atoms with Crippen molar-refractivity contribution in [3.8, 4) is 5.75 Å². The Balaban J connectivity index is 1.84. The van der Waals surface area contributed by atoms with Crippen molar-refractivity contribution in [2.24, 2.45) is 0 Å². The molecule has 2 heterocycles. The first kappa shape index (κ1) is 15.8. The fraction of sp³-hybridized carbons (Fsp3) is 0.235. The van der Waals surface area contributed by atoms with Gasteiger partial charge in [-0.1, -0.05) is 6.07 Å². The number of amides is 1. The number of anilines is 1. The lowest BCUT2D eigenvalue weighted by Crippen LogP contribution is -2.27. The van der Waals surface area contributed by atoms with E-state index in [2.05, 4.69) is 15.3 Å². The first-order valence-electron chi connectivity index (χ1n) is 7.47. The first-order valence-corrected chi connectivity index (χ1v) is 7.47.